The first kappa shape index (κ1) is 14.6. The highest BCUT2D eigenvalue weighted by Crippen LogP contribution is 2.22. The van der Waals surface area contributed by atoms with Crippen molar-refractivity contribution in [2.45, 2.75) is 11.8 Å². The second-order valence-electron chi connectivity index (χ2n) is 4.99. The zero-order valence-corrected chi connectivity index (χ0v) is 13.4. The third-order valence-electron chi connectivity index (χ3n) is 3.35. The summed E-state index contributed by atoms with van der Waals surface area (Å²) in [6.07, 6.45) is 3.85. The second-order valence-corrected chi connectivity index (χ2v) is 5.86. The van der Waals surface area contributed by atoms with E-state index in [4.69, 9.17) is 0 Å². The summed E-state index contributed by atoms with van der Waals surface area (Å²) in [5, 5.41) is 3.24. The van der Waals surface area contributed by atoms with Crippen LogP contribution in [0.3, 0.4) is 0 Å². The lowest BCUT2D eigenvalue weighted by Crippen LogP contribution is -1.97. The summed E-state index contributed by atoms with van der Waals surface area (Å²) in [7, 11) is 0. The molecule has 0 saturated carbocycles. The summed E-state index contributed by atoms with van der Waals surface area (Å²) in [5.74, 6) is 0.607. The molecule has 3 nitrogen and oxygen atoms in total. The lowest BCUT2D eigenvalue weighted by molar-refractivity contribution is 1.17. The Hall–Kier alpha value is -2.33. The van der Waals surface area contributed by atoms with E-state index < -0.39 is 0 Å². The first-order valence-corrected chi connectivity index (χ1v) is 8.28. The van der Waals surface area contributed by atoms with Crippen LogP contribution in [-0.4, -0.2) is 16.2 Å². The van der Waals surface area contributed by atoms with E-state index in [9.17, 15) is 0 Å². The lowest BCUT2D eigenvalue weighted by Gasteiger charge is -2.07. The molecule has 0 amide bonds. The number of thioether (sulfide) groups is 1. The van der Waals surface area contributed by atoms with Crippen LogP contribution in [0.2, 0.25) is 0 Å². The van der Waals surface area contributed by atoms with Gasteiger partial charge in [0.2, 0.25) is 5.95 Å². The maximum absolute atomic E-state index is 4.59. The van der Waals surface area contributed by atoms with E-state index in [1.165, 1.54) is 10.5 Å². The Morgan fingerprint density at radius 3 is 2.32 bits per heavy atom. The maximum atomic E-state index is 4.59. The number of aromatic nitrogens is 2. The monoisotopic (exact) mass is 307 g/mol. The van der Waals surface area contributed by atoms with Crippen molar-refractivity contribution < 1.29 is 0 Å². The molecule has 3 aromatic rings. The first-order valence-electron chi connectivity index (χ1n) is 7.06. The molecule has 1 aromatic heterocycles. The van der Waals surface area contributed by atoms with Crippen LogP contribution < -0.4 is 5.32 Å². The fourth-order valence-electron chi connectivity index (χ4n) is 2.11. The molecular formula is C18H17N3S. The third-order valence-corrected chi connectivity index (χ3v) is 4.09. The fraction of sp³-hybridized carbons (Fsp3) is 0.111. The van der Waals surface area contributed by atoms with Gasteiger partial charge < -0.3 is 5.32 Å². The number of aryl methyl sites for hydroxylation is 1. The summed E-state index contributed by atoms with van der Waals surface area (Å²) in [6, 6.07) is 18.5. The quantitative estimate of drug-likeness (QED) is 0.694. The van der Waals surface area contributed by atoms with Crippen LogP contribution in [0.5, 0.6) is 0 Å². The van der Waals surface area contributed by atoms with E-state index >= 15 is 0 Å². The van der Waals surface area contributed by atoms with Crippen molar-refractivity contribution in [1.29, 1.82) is 0 Å². The summed E-state index contributed by atoms with van der Waals surface area (Å²) in [4.78, 5) is 10.1. The molecule has 0 aliphatic carbocycles. The standard InChI is InChI=1S/C18H17N3S/c1-13-3-7-15(8-4-13)20-18-19-12-11-17(21-18)14-5-9-16(22-2)10-6-14/h3-12H,1-2H3,(H,19,20,21). The molecule has 1 heterocycles. The van der Waals surface area contributed by atoms with Gasteiger partial charge in [0.15, 0.2) is 0 Å². The number of rotatable bonds is 4. The van der Waals surface area contributed by atoms with Crippen LogP contribution in [-0.2, 0) is 0 Å². The van der Waals surface area contributed by atoms with Gasteiger partial charge in [0.1, 0.15) is 0 Å². The Morgan fingerprint density at radius 2 is 1.64 bits per heavy atom. The average Bonchev–Trinajstić information content (AvgIpc) is 2.57. The predicted molar refractivity (Wildman–Crippen MR) is 93.7 cm³/mol. The maximum Gasteiger partial charge on any atom is 0.227 e. The summed E-state index contributed by atoms with van der Waals surface area (Å²) >= 11 is 1.73. The molecule has 2 aromatic carbocycles. The average molecular weight is 307 g/mol. The molecule has 22 heavy (non-hydrogen) atoms. The van der Waals surface area contributed by atoms with Crippen molar-refractivity contribution in [3.63, 3.8) is 0 Å². The number of hydrogen-bond donors (Lipinski definition) is 1. The largest absolute Gasteiger partial charge is 0.324 e. The van der Waals surface area contributed by atoms with Crippen LogP contribution >= 0.6 is 11.8 Å². The zero-order chi connectivity index (χ0) is 15.4. The number of benzene rings is 2. The number of nitrogens with one attached hydrogen (secondary N) is 1. The smallest absolute Gasteiger partial charge is 0.227 e. The highest BCUT2D eigenvalue weighted by Gasteiger charge is 2.03. The summed E-state index contributed by atoms with van der Waals surface area (Å²) in [6.45, 7) is 2.07. The van der Waals surface area contributed by atoms with Gasteiger partial charge in [0, 0.05) is 22.3 Å². The van der Waals surface area contributed by atoms with Crippen molar-refractivity contribution in [3.8, 4) is 11.3 Å². The number of anilines is 2. The van der Waals surface area contributed by atoms with E-state index in [1.807, 2.05) is 18.2 Å². The number of nitrogens with zero attached hydrogens (tertiary/aromatic N) is 2. The molecule has 0 aliphatic rings. The molecule has 0 radical (unpaired) electrons. The van der Waals surface area contributed by atoms with Crippen LogP contribution in [0, 0.1) is 6.92 Å². The molecule has 110 valence electrons. The highest BCUT2D eigenvalue weighted by atomic mass is 32.2. The van der Waals surface area contributed by atoms with Gasteiger partial charge in [-0.2, -0.15) is 0 Å². The molecule has 0 spiro atoms. The molecule has 0 bridgehead atoms. The van der Waals surface area contributed by atoms with Crippen LogP contribution in [0.15, 0.2) is 65.7 Å². The van der Waals surface area contributed by atoms with Crippen LogP contribution in [0.1, 0.15) is 5.56 Å². The van der Waals surface area contributed by atoms with Crippen molar-refractivity contribution in [1.82, 2.24) is 9.97 Å². The van der Waals surface area contributed by atoms with Gasteiger partial charge >= 0.3 is 0 Å². The Bertz CT molecular complexity index is 752. The predicted octanol–water partition coefficient (Wildman–Crippen LogP) is 4.92. The number of hydrogen-bond acceptors (Lipinski definition) is 4. The van der Waals surface area contributed by atoms with E-state index in [2.05, 4.69) is 64.9 Å². The summed E-state index contributed by atoms with van der Waals surface area (Å²) < 4.78 is 0. The third kappa shape index (κ3) is 3.46. The molecule has 0 unspecified atom stereocenters. The SMILES string of the molecule is CSc1ccc(-c2ccnc(Nc3ccc(C)cc3)n2)cc1. The minimum Gasteiger partial charge on any atom is -0.324 e. The molecule has 4 heteroatoms. The molecule has 0 saturated heterocycles. The lowest BCUT2D eigenvalue weighted by atomic mass is 10.1. The zero-order valence-electron chi connectivity index (χ0n) is 12.6. The minimum atomic E-state index is 0.607. The van der Waals surface area contributed by atoms with E-state index in [0.29, 0.717) is 5.95 Å². The first-order chi connectivity index (χ1) is 10.7. The van der Waals surface area contributed by atoms with E-state index in [-0.39, 0.29) is 0 Å². The van der Waals surface area contributed by atoms with Crippen molar-refractivity contribution >= 4 is 23.4 Å². The molecule has 0 aliphatic heterocycles. The topological polar surface area (TPSA) is 37.8 Å². The van der Waals surface area contributed by atoms with Gasteiger partial charge in [-0.3, -0.25) is 0 Å². The minimum absolute atomic E-state index is 0.607. The Kier molecular flexibility index (Phi) is 4.39. The van der Waals surface area contributed by atoms with Crippen molar-refractivity contribution in [2.75, 3.05) is 11.6 Å². The second kappa shape index (κ2) is 6.62. The normalized spacial score (nSPS) is 10.5. The van der Waals surface area contributed by atoms with E-state index in [0.717, 1.165) is 16.9 Å². The van der Waals surface area contributed by atoms with Gasteiger partial charge in [-0.25, -0.2) is 9.97 Å². The molecule has 0 atom stereocenters. The van der Waals surface area contributed by atoms with Gasteiger partial charge in [0.05, 0.1) is 5.69 Å². The van der Waals surface area contributed by atoms with Crippen LogP contribution in [0.25, 0.3) is 11.3 Å². The van der Waals surface area contributed by atoms with Crippen LogP contribution in [0.4, 0.5) is 11.6 Å². The molecular weight excluding hydrogens is 290 g/mol. The van der Waals surface area contributed by atoms with Gasteiger partial charge in [0.25, 0.3) is 0 Å². The van der Waals surface area contributed by atoms with Crippen molar-refractivity contribution in [2.24, 2.45) is 0 Å². The van der Waals surface area contributed by atoms with Gasteiger partial charge in [-0.05, 0) is 43.5 Å². The highest BCUT2D eigenvalue weighted by molar-refractivity contribution is 7.98. The van der Waals surface area contributed by atoms with Crippen molar-refractivity contribution in [3.05, 3.63) is 66.4 Å². The van der Waals surface area contributed by atoms with E-state index in [1.54, 1.807) is 18.0 Å². The summed E-state index contributed by atoms with van der Waals surface area (Å²) in [5.41, 5.74) is 4.22. The Morgan fingerprint density at radius 1 is 0.909 bits per heavy atom. The Labute approximate surface area is 134 Å². The Balaban J connectivity index is 1.83. The molecule has 0 fully saturated rings. The van der Waals surface area contributed by atoms with Gasteiger partial charge in [-0.1, -0.05) is 29.8 Å². The molecule has 3 rings (SSSR count). The van der Waals surface area contributed by atoms with Gasteiger partial charge in [-0.15, -0.1) is 11.8 Å². The molecule has 1 N–H and O–H groups in total. The fourth-order valence-corrected chi connectivity index (χ4v) is 2.52.